The van der Waals surface area contributed by atoms with Crippen LogP contribution in [-0.2, 0) is 9.59 Å². The van der Waals surface area contributed by atoms with Crippen molar-refractivity contribution in [2.75, 3.05) is 19.6 Å². The van der Waals surface area contributed by atoms with Crippen LogP contribution in [0.15, 0.2) is 0 Å². The molecule has 16 heavy (non-hydrogen) atoms. The quantitative estimate of drug-likeness (QED) is 0.711. The molecule has 0 bridgehead atoms. The Hall–Kier alpha value is -1.10. The van der Waals surface area contributed by atoms with Gasteiger partial charge in [-0.1, -0.05) is 0 Å². The molecule has 1 heterocycles. The number of carboxylic acids is 1. The number of amides is 1. The van der Waals surface area contributed by atoms with Crippen molar-refractivity contribution in [2.24, 2.45) is 5.92 Å². The molecular formula is C11H18N2O3. The molecule has 90 valence electrons. The Bertz CT molecular complexity index is 283. The van der Waals surface area contributed by atoms with Gasteiger partial charge in [-0.2, -0.15) is 0 Å². The minimum Gasteiger partial charge on any atom is -0.480 e. The largest absolute Gasteiger partial charge is 0.480 e. The Labute approximate surface area is 94.8 Å². The monoisotopic (exact) mass is 226 g/mol. The minimum atomic E-state index is -0.913. The third-order valence-electron chi connectivity index (χ3n) is 3.22. The van der Waals surface area contributed by atoms with Gasteiger partial charge in [0.1, 0.15) is 6.54 Å². The van der Waals surface area contributed by atoms with Crippen molar-refractivity contribution in [3.63, 3.8) is 0 Å². The van der Waals surface area contributed by atoms with E-state index in [4.69, 9.17) is 5.11 Å². The highest BCUT2D eigenvalue weighted by Gasteiger charge is 2.37. The van der Waals surface area contributed by atoms with Crippen molar-refractivity contribution in [1.82, 2.24) is 10.2 Å². The van der Waals surface area contributed by atoms with E-state index in [-0.39, 0.29) is 24.4 Å². The van der Waals surface area contributed by atoms with Crippen LogP contribution in [0.4, 0.5) is 0 Å². The first-order chi connectivity index (χ1) is 7.68. The number of aliphatic carboxylic acids is 1. The molecule has 0 spiro atoms. The van der Waals surface area contributed by atoms with Crippen molar-refractivity contribution in [3.05, 3.63) is 0 Å². The average molecular weight is 226 g/mol. The molecule has 0 aromatic heterocycles. The topological polar surface area (TPSA) is 69.6 Å². The molecule has 5 heteroatoms. The number of hydrogen-bond donors (Lipinski definition) is 2. The van der Waals surface area contributed by atoms with Crippen LogP contribution in [0.25, 0.3) is 0 Å². The summed E-state index contributed by atoms with van der Waals surface area (Å²) in [4.78, 5) is 24.4. The SMILES string of the molecule is O=C(O)CN(C(=O)C1CCCNC1)C1CC1. The highest BCUT2D eigenvalue weighted by molar-refractivity contribution is 5.84. The number of nitrogens with one attached hydrogen (secondary N) is 1. The molecule has 0 aromatic carbocycles. The maximum Gasteiger partial charge on any atom is 0.323 e. The molecule has 1 amide bonds. The predicted octanol–water partition coefficient (Wildman–Crippen LogP) is 0.0616. The third-order valence-corrected chi connectivity index (χ3v) is 3.22. The van der Waals surface area contributed by atoms with E-state index in [0.29, 0.717) is 6.54 Å². The van der Waals surface area contributed by atoms with Gasteiger partial charge in [-0.25, -0.2) is 0 Å². The van der Waals surface area contributed by atoms with Crippen LogP contribution in [0.2, 0.25) is 0 Å². The first-order valence-electron chi connectivity index (χ1n) is 5.91. The lowest BCUT2D eigenvalue weighted by Crippen LogP contribution is -2.45. The predicted molar refractivity (Wildman–Crippen MR) is 58.0 cm³/mol. The second-order valence-electron chi connectivity index (χ2n) is 4.63. The summed E-state index contributed by atoms with van der Waals surface area (Å²) in [5.41, 5.74) is 0. The summed E-state index contributed by atoms with van der Waals surface area (Å²) >= 11 is 0. The van der Waals surface area contributed by atoms with E-state index in [1.54, 1.807) is 4.90 Å². The number of nitrogens with zero attached hydrogens (tertiary/aromatic N) is 1. The van der Waals surface area contributed by atoms with E-state index >= 15 is 0 Å². The van der Waals surface area contributed by atoms with Gasteiger partial charge in [0.2, 0.25) is 5.91 Å². The summed E-state index contributed by atoms with van der Waals surface area (Å²) in [7, 11) is 0. The fourth-order valence-corrected chi connectivity index (χ4v) is 2.22. The molecule has 1 saturated heterocycles. The van der Waals surface area contributed by atoms with Crippen LogP contribution in [0.5, 0.6) is 0 Å². The molecule has 2 fully saturated rings. The van der Waals surface area contributed by atoms with Crippen molar-refractivity contribution in [3.8, 4) is 0 Å². The molecular weight excluding hydrogens is 208 g/mol. The number of rotatable bonds is 4. The maximum atomic E-state index is 12.1. The van der Waals surface area contributed by atoms with Gasteiger partial charge in [-0.3, -0.25) is 9.59 Å². The number of carboxylic acid groups (broad SMARTS) is 1. The van der Waals surface area contributed by atoms with Crippen LogP contribution in [0.1, 0.15) is 25.7 Å². The van der Waals surface area contributed by atoms with Gasteiger partial charge in [-0.05, 0) is 32.2 Å². The molecule has 1 unspecified atom stereocenters. The van der Waals surface area contributed by atoms with E-state index in [1.807, 2.05) is 0 Å². The van der Waals surface area contributed by atoms with E-state index in [1.165, 1.54) is 0 Å². The Kier molecular flexibility index (Phi) is 3.43. The maximum absolute atomic E-state index is 12.1. The van der Waals surface area contributed by atoms with Crippen LogP contribution in [-0.4, -0.2) is 47.6 Å². The molecule has 1 aliphatic heterocycles. The normalized spacial score (nSPS) is 25.1. The van der Waals surface area contributed by atoms with Gasteiger partial charge >= 0.3 is 5.97 Å². The van der Waals surface area contributed by atoms with Gasteiger partial charge < -0.3 is 15.3 Å². The second kappa shape index (κ2) is 4.82. The number of hydrogen-bond acceptors (Lipinski definition) is 3. The van der Waals surface area contributed by atoms with Crippen molar-refractivity contribution in [2.45, 2.75) is 31.7 Å². The summed E-state index contributed by atoms with van der Waals surface area (Å²) < 4.78 is 0. The van der Waals surface area contributed by atoms with Crippen molar-refractivity contribution >= 4 is 11.9 Å². The summed E-state index contributed by atoms with van der Waals surface area (Å²) in [6.45, 7) is 1.52. The molecule has 1 aliphatic carbocycles. The molecule has 0 aromatic rings. The minimum absolute atomic E-state index is 0.0197. The fourth-order valence-electron chi connectivity index (χ4n) is 2.22. The zero-order valence-corrected chi connectivity index (χ0v) is 9.32. The fraction of sp³-hybridized carbons (Fsp3) is 0.818. The Morgan fingerprint density at radius 2 is 2.06 bits per heavy atom. The summed E-state index contributed by atoms with van der Waals surface area (Å²) in [5, 5.41) is 12.0. The lowest BCUT2D eigenvalue weighted by atomic mass is 9.98. The number of piperidine rings is 1. The highest BCUT2D eigenvalue weighted by atomic mass is 16.4. The first-order valence-corrected chi connectivity index (χ1v) is 5.91. The Morgan fingerprint density at radius 1 is 1.31 bits per heavy atom. The van der Waals surface area contributed by atoms with Crippen LogP contribution < -0.4 is 5.32 Å². The lowest BCUT2D eigenvalue weighted by Gasteiger charge is -2.28. The summed E-state index contributed by atoms with van der Waals surface area (Å²) in [5.74, 6) is -0.908. The second-order valence-corrected chi connectivity index (χ2v) is 4.63. The van der Waals surface area contributed by atoms with Gasteiger partial charge in [0.25, 0.3) is 0 Å². The standard InChI is InChI=1S/C11H18N2O3/c14-10(15)7-13(9-3-4-9)11(16)8-2-1-5-12-6-8/h8-9,12H,1-7H2,(H,14,15). The molecule has 1 atom stereocenters. The van der Waals surface area contributed by atoms with Gasteiger partial charge in [-0.15, -0.1) is 0 Å². The van der Waals surface area contributed by atoms with Gasteiger partial charge in [0.15, 0.2) is 0 Å². The van der Waals surface area contributed by atoms with E-state index < -0.39 is 5.97 Å². The zero-order valence-electron chi connectivity index (χ0n) is 9.32. The van der Waals surface area contributed by atoms with E-state index in [9.17, 15) is 9.59 Å². The number of carbonyl (C=O) groups is 2. The van der Waals surface area contributed by atoms with Crippen LogP contribution >= 0.6 is 0 Å². The lowest BCUT2D eigenvalue weighted by molar-refractivity contribution is -0.147. The number of carbonyl (C=O) groups excluding carboxylic acids is 1. The Morgan fingerprint density at radius 3 is 2.56 bits per heavy atom. The van der Waals surface area contributed by atoms with E-state index in [2.05, 4.69) is 5.32 Å². The molecule has 2 N–H and O–H groups in total. The van der Waals surface area contributed by atoms with E-state index in [0.717, 1.165) is 32.2 Å². The molecule has 1 saturated carbocycles. The molecule has 2 rings (SSSR count). The van der Waals surface area contributed by atoms with Gasteiger partial charge in [0.05, 0.1) is 5.92 Å². The first kappa shape index (κ1) is 11.4. The smallest absolute Gasteiger partial charge is 0.323 e. The Balaban J connectivity index is 1.95. The summed E-state index contributed by atoms with van der Waals surface area (Å²) in [6.07, 6.45) is 3.80. The average Bonchev–Trinajstić information content (AvgIpc) is 3.10. The van der Waals surface area contributed by atoms with Crippen molar-refractivity contribution in [1.29, 1.82) is 0 Å². The van der Waals surface area contributed by atoms with Crippen LogP contribution in [0.3, 0.4) is 0 Å². The zero-order chi connectivity index (χ0) is 11.5. The summed E-state index contributed by atoms with van der Waals surface area (Å²) in [6, 6.07) is 0.186. The molecule has 2 aliphatic rings. The third kappa shape index (κ3) is 2.72. The highest BCUT2D eigenvalue weighted by Crippen LogP contribution is 2.28. The molecule has 0 radical (unpaired) electrons. The van der Waals surface area contributed by atoms with Crippen molar-refractivity contribution < 1.29 is 14.7 Å². The van der Waals surface area contributed by atoms with Gasteiger partial charge in [0, 0.05) is 12.6 Å². The molecule has 5 nitrogen and oxygen atoms in total. The van der Waals surface area contributed by atoms with Crippen LogP contribution in [0, 0.1) is 5.92 Å².